The highest BCUT2D eigenvalue weighted by Gasteiger charge is 2.30. The summed E-state index contributed by atoms with van der Waals surface area (Å²) in [5.74, 6) is 0.670. The van der Waals surface area contributed by atoms with Gasteiger partial charge in [-0.05, 0) is 55.0 Å². The van der Waals surface area contributed by atoms with Crippen LogP contribution in [0.3, 0.4) is 0 Å². The molecule has 0 spiro atoms. The molecule has 0 aromatic heterocycles. The van der Waals surface area contributed by atoms with Gasteiger partial charge in [0.1, 0.15) is 0 Å². The summed E-state index contributed by atoms with van der Waals surface area (Å²) < 4.78 is 0. The Morgan fingerprint density at radius 1 is 1.00 bits per heavy atom. The van der Waals surface area contributed by atoms with Gasteiger partial charge in [-0.15, -0.1) is 0 Å². The first kappa shape index (κ1) is 13.8. The number of halogens is 2. The van der Waals surface area contributed by atoms with E-state index < -0.39 is 0 Å². The largest absolute Gasteiger partial charge is 0.382 e. The second-order valence-electron chi connectivity index (χ2n) is 5.52. The summed E-state index contributed by atoms with van der Waals surface area (Å²) in [5.41, 5.74) is 3.88. The Labute approximate surface area is 129 Å². The maximum Gasteiger partial charge on any atom is 0.0441 e. The Morgan fingerprint density at radius 2 is 1.65 bits per heavy atom. The molecule has 1 saturated carbocycles. The minimum absolute atomic E-state index is 0.508. The summed E-state index contributed by atoms with van der Waals surface area (Å²) in [4.78, 5) is 0. The molecule has 0 unspecified atom stereocenters. The molecule has 0 amide bonds. The second-order valence-corrected chi connectivity index (χ2v) is 6.40. The van der Waals surface area contributed by atoms with Crippen molar-refractivity contribution in [2.75, 3.05) is 5.32 Å². The molecule has 2 aromatic rings. The highest BCUT2D eigenvalue weighted by atomic mass is 35.5. The molecule has 1 fully saturated rings. The third-order valence-electron chi connectivity index (χ3n) is 4.00. The first-order chi connectivity index (χ1) is 9.61. The number of nitrogens with one attached hydrogen (secondary N) is 1. The molecular weight excluding hydrogens is 289 g/mol. The molecule has 0 bridgehead atoms. The molecule has 0 saturated heterocycles. The van der Waals surface area contributed by atoms with Crippen molar-refractivity contribution in [3.8, 4) is 0 Å². The predicted molar refractivity (Wildman–Crippen MR) is 87.0 cm³/mol. The van der Waals surface area contributed by atoms with Crippen LogP contribution < -0.4 is 5.32 Å². The summed E-state index contributed by atoms with van der Waals surface area (Å²) in [5, 5.41) is 4.86. The molecule has 20 heavy (non-hydrogen) atoms. The summed E-state index contributed by atoms with van der Waals surface area (Å²) in [6, 6.07) is 14.8. The lowest BCUT2D eigenvalue weighted by atomic mass is 9.74. The number of hydrogen-bond acceptors (Lipinski definition) is 1. The van der Waals surface area contributed by atoms with Gasteiger partial charge in [-0.25, -0.2) is 0 Å². The molecular formula is C17H17Cl2N. The van der Waals surface area contributed by atoms with E-state index in [1.54, 1.807) is 6.07 Å². The number of benzene rings is 2. The van der Waals surface area contributed by atoms with E-state index in [4.69, 9.17) is 23.2 Å². The van der Waals surface area contributed by atoms with Crippen LogP contribution >= 0.6 is 23.2 Å². The number of rotatable bonds is 3. The minimum atomic E-state index is 0.508. The maximum atomic E-state index is 6.02. The van der Waals surface area contributed by atoms with Crippen molar-refractivity contribution < 1.29 is 0 Å². The Bertz CT molecular complexity index is 598. The maximum absolute atomic E-state index is 6.02. The molecule has 1 aliphatic carbocycles. The predicted octanol–water partition coefficient (Wildman–Crippen LogP) is 5.66. The van der Waals surface area contributed by atoms with Crippen molar-refractivity contribution in [3.05, 3.63) is 63.6 Å². The number of aryl methyl sites for hydroxylation is 1. The first-order valence-corrected chi connectivity index (χ1v) is 7.65. The third-order valence-corrected chi connectivity index (χ3v) is 4.44. The lowest BCUT2D eigenvalue weighted by molar-refractivity contribution is 0.373. The molecule has 3 heteroatoms. The molecule has 0 atom stereocenters. The van der Waals surface area contributed by atoms with E-state index >= 15 is 0 Å². The smallest absolute Gasteiger partial charge is 0.0441 e. The van der Waals surface area contributed by atoms with Crippen molar-refractivity contribution in [1.29, 1.82) is 0 Å². The molecule has 2 aromatic carbocycles. The van der Waals surface area contributed by atoms with Crippen molar-refractivity contribution in [2.45, 2.75) is 31.7 Å². The molecule has 0 heterocycles. The van der Waals surface area contributed by atoms with Crippen LogP contribution in [0.5, 0.6) is 0 Å². The minimum Gasteiger partial charge on any atom is -0.382 e. The van der Waals surface area contributed by atoms with Gasteiger partial charge in [-0.2, -0.15) is 0 Å². The van der Waals surface area contributed by atoms with Gasteiger partial charge < -0.3 is 5.32 Å². The normalized spacial score (nSPS) is 21.4. The Morgan fingerprint density at radius 3 is 2.30 bits per heavy atom. The van der Waals surface area contributed by atoms with Gasteiger partial charge in [0.05, 0.1) is 0 Å². The van der Waals surface area contributed by atoms with E-state index in [-0.39, 0.29) is 0 Å². The average molecular weight is 306 g/mol. The summed E-state index contributed by atoms with van der Waals surface area (Å²) >= 11 is 12.0. The van der Waals surface area contributed by atoms with Crippen molar-refractivity contribution in [2.24, 2.45) is 0 Å². The fourth-order valence-electron chi connectivity index (χ4n) is 2.91. The molecule has 1 N–H and O–H groups in total. The summed E-state index contributed by atoms with van der Waals surface area (Å²) in [6.45, 7) is 2.19. The quantitative estimate of drug-likeness (QED) is 0.771. The molecule has 104 valence electrons. The van der Waals surface area contributed by atoms with Gasteiger partial charge in [-0.1, -0.05) is 47.5 Å². The SMILES string of the molecule is Cc1ccccc1C1CC(Nc2cc(Cl)cc(Cl)c2)C1. The van der Waals surface area contributed by atoms with Crippen LogP contribution in [0.4, 0.5) is 5.69 Å². The van der Waals surface area contributed by atoms with E-state index in [1.807, 2.05) is 12.1 Å². The van der Waals surface area contributed by atoms with Crippen LogP contribution in [0.1, 0.15) is 29.9 Å². The average Bonchev–Trinajstić information content (AvgIpc) is 2.33. The van der Waals surface area contributed by atoms with E-state index in [0.29, 0.717) is 22.0 Å². The van der Waals surface area contributed by atoms with Crippen molar-refractivity contribution in [1.82, 2.24) is 0 Å². The van der Waals surface area contributed by atoms with Gasteiger partial charge in [0.15, 0.2) is 0 Å². The Balaban J connectivity index is 1.62. The van der Waals surface area contributed by atoms with Crippen LogP contribution in [0.2, 0.25) is 10.0 Å². The number of anilines is 1. The highest BCUT2D eigenvalue weighted by molar-refractivity contribution is 6.35. The van der Waals surface area contributed by atoms with Crippen LogP contribution in [-0.2, 0) is 0 Å². The van der Waals surface area contributed by atoms with Gasteiger partial charge in [0.2, 0.25) is 0 Å². The molecule has 1 nitrogen and oxygen atoms in total. The van der Waals surface area contributed by atoms with Gasteiger partial charge >= 0.3 is 0 Å². The standard InChI is InChI=1S/C17H17Cl2N/c1-11-4-2-3-5-17(11)12-6-15(7-12)20-16-9-13(18)8-14(19)10-16/h2-5,8-10,12,15,20H,6-7H2,1H3. The molecule has 0 radical (unpaired) electrons. The van der Waals surface area contributed by atoms with E-state index in [1.165, 1.54) is 11.1 Å². The van der Waals surface area contributed by atoms with Crippen LogP contribution in [-0.4, -0.2) is 6.04 Å². The van der Waals surface area contributed by atoms with Gasteiger partial charge in [0.25, 0.3) is 0 Å². The monoisotopic (exact) mass is 305 g/mol. The first-order valence-electron chi connectivity index (χ1n) is 6.90. The van der Waals surface area contributed by atoms with E-state index in [0.717, 1.165) is 18.5 Å². The molecule has 0 aliphatic heterocycles. The Kier molecular flexibility index (Phi) is 3.91. The van der Waals surface area contributed by atoms with Crippen LogP contribution in [0.15, 0.2) is 42.5 Å². The summed E-state index contributed by atoms with van der Waals surface area (Å²) in [6.07, 6.45) is 2.32. The van der Waals surface area contributed by atoms with E-state index in [2.05, 4.69) is 36.5 Å². The third kappa shape index (κ3) is 2.94. The lowest BCUT2D eigenvalue weighted by Crippen LogP contribution is -2.34. The Hall–Kier alpha value is -1.18. The van der Waals surface area contributed by atoms with Crippen LogP contribution in [0.25, 0.3) is 0 Å². The topological polar surface area (TPSA) is 12.0 Å². The van der Waals surface area contributed by atoms with Crippen molar-refractivity contribution >= 4 is 28.9 Å². The lowest BCUT2D eigenvalue weighted by Gasteiger charge is -2.37. The fraction of sp³-hybridized carbons (Fsp3) is 0.294. The zero-order valence-electron chi connectivity index (χ0n) is 11.4. The van der Waals surface area contributed by atoms with Gasteiger partial charge in [-0.3, -0.25) is 0 Å². The fourth-order valence-corrected chi connectivity index (χ4v) is 3.43. The zero-order valence-corrected chi connectivity index (χ0v) is 12.9. The zero-order chi connectivity index (χ0) is 14.1. The van der Waals surface area contributed by atoms with E-state index in [9.17, 15) is 0 Å². The number of hydrogen-bond donors (Lipinski definition) is 1. The molecule has 3 rings (SSSR count). The highest BCUT2D eigenvalue weighted by Crippen LogP contribution is 2.40. The van der Waals surface area contributed by atoms with Gasteiger partial charge in [0, 0.05) is 21.8 Å². The molecule has 1 aliphatic rings. The second kappa shape index (κ2) is 5.67. The van der Waals surface area contributed by atoms with Crippen LogP contribution in [0, 0.1) is 6.92 Å². The summed E-state index contributed by atoms with van der Waals surface area (Å²) in [7, 11) is 0. The van der Waals surface area contributed by atoms with Crippen molar-refractivity contribution in [3.63, 3.8) is 0 Å².